The molecule has 2 fully saturated rings. The second kappa shape index (κ2) is 5.23. The van der Waals surface area contributed by atoms with E-state index in [9.17, 15) is 9.59 Å². The Labute approximate surface area is 134 Å². The van der Waals surface area contributed by atoms with Crippen molar-refractivity contribution in [3.05, 3.63) is 18.2 Å². The van der Waals surface area contributed by atoms with Gasteiger partial charge < -0.3 is 21.1 Å². The highest BCUT2D eigenvalue weighted by Crippen LogP contribution is 2.48. The minimum atomic E-state index is -0.505. The van der Waals surface area contributed by atoms with Gasteiger partial charge in [0.2, 0.25) is 5.91 Å². The molecule has 5 atom stereocenters. The van der Waals surface area contributed by atoms with Gasteiger partial charge in [-0.05, 0) is 56.2 Å². The molecule has 6 nitrogen and oxygen atoms in total. The van der Waals surface area contributed by atoms with E-state index in [1.165, 1.54) is 0 Å². The third-order valence-electron chi connectivity index (χ3n) is 5.46. The molecule has 2 bridgehead atoms. The summed E-state index contributed by atoms with van der Waals surface area (Å²) in [5.74, 6) is 1.23. The fourth-order valence-electron chi connectivity index (χ4n) is 4.24. The standard InChI is InChI=1S/C17H21N3O3/c1-8-16(21)20-12-7-11(4-5-13(12)23-8)19-17(22)14-9-2-3-10(6-9)15(14)18/h4-5,7-10,14-15H,2-3,6,18H2,1H3,(H,19,22)(H,20,21). The van der Waals surface area contributed by atoms with E-state index >= 15 is 0 Å². The molecule has 4 N–H and O–H groups in total. The van der Waals surface area contributed by atoms with E-state index in [1.54, 1.807) is 25.1 Å². The molecule has 6 heteroatoms. The zero-order chi connectivity index (χ0) is 16.1. The lowest BCUT2D eigenvalue weighted by molar-refractivity contribution is -0.123. The van der Waals surface area contributed by atoms with Crippen molar-refractivity contribution in [3.8, 4) is 5.75 Å². The number of fused-ring (bicyclic) bond motifs is 3. The number of hydrogen-bond donors (Lipinski definition) is 3. The first-order valence-electron chi connectivity index (χ1n) is 8.21. The van der Waals surface area contributed by atoms with Crippen LogP contribution in [0.3, 0.4) is 0 Å². The number of ether oxygens (including phenoxy) is 1. The van der Waals surface area contributed by atoms with Crippen LogP contribution in [0.5, 0.6) is 5.75 Å². The topological polar surface area (TPSA) is 93.4 Å². The van der Waals surface area contributed by atoms with E-state index in [4.69, 9.17) is 10.5 Å². The van der Waals surface area contributed by atoms with Crippen LogP contribution in [0.4, 0.5) is 11.4 Å². The molecular weight excluding hydrogens is 294 g/mol. The molecule has 2 saturated carbocycles. The SMILES string of the molecule is CC1Oc2ccc(NC(=O)C3C4CCC(C4)C3N)cc2NC1=O. The Kier molecular flexibility index (Phi) is 3.30. The van der Waals surface area contributed by atoms with Gasteiger partial charge in [0.05, 0.1) is 11.6 Å². The Bertz CT molecular complexity index is 673. The fourth-order valence-corrected chi connectivity index (χ4v) is 4.24. The summed E-state index contributed by atoms with van der Waals surface area (Å²) in [5.41, 5.74) is 7.47. The molecule has 0 aromatic heterocycles. The van der Waals surface area contributed by atoms with Gasteiger partial charge in [-0.25, -0.2) is 0 Å². The number of nitrogens with two attached hydrogens (primary N) is 1. The lowest BCUT2D eigenvalue weighted by Crippen LogP contribution is -2.42. The molecule has 1 aromatic carbocycles. The molecule has 2 amide bonds. The maximum Gasteiger partial charge on any atom is 0.265 e. The Balaban J connectivity index is 1.50. The second-order valence-corrected chi connectivity index (χ2v) is 6.89. The van der Waals surface area contributed by atoms with Crippen LogP contribution in [0.2, 0.25) is 0 Å². The van der Waals surface area contributed by atoms with Crippen molar-refractivity contribution in [1.82, 2.24) is 0 Å². The first-order valence-corrected chi connectivity index (χ1v) is 8.21. The molecule has 1 aliphatic heterocycles. The summed E-state index contributed by atoms with van der Waals surface area (Å²) < 4.78 is 5.52. The molecule has 0 radical (unpaired) electrons. The largest absolute Gasteiger partial charge is 0.479 e. The van der Waals surface area contributed by atoms with Crippen LogP contribution in [0.1, 0.15) is 26.2 Å². The molecule has 0 saturated heterocycles. The van der Waals surface area contributed by atoms with Gasteiger partial charge in [-0.15, -0.1) is 0 Å². The first-order chi connectivity index (χ1) is 11.0. The van der Waals surface area contributed by atoms with Crippen molar-refractivity contribution in [2.24, 2.45) is 23.5 Å². The summed E-state index contributed by atoms with van der Waals surface area (Å²) in [7, 11) is 0. The molecular formula is C17H21N3O3. The summed E-state index contributed by atoms with van der Waals surface area (Å²) in [6, 6.07) is 5.26. The molecule has 1 aromatic rings. The number of benzene rings is 1. The van der Waals surface area contributed by atoms with Gasteiger partial charge in [0.25, 0.3) is 5.91 Å². The molecule has 2 aliphatic carbocycles. The number of hydrogen-bond acceptors (Lipinski definition) is 4. The Hall–Kier alpha value is -2.08. The third kappa shape index (κ3) is 2.37. The predicted octanol–water partition coefficient (Wildman–Crippen LogP) is 1.72. The van der Waals surface area contributed by atoms with Crippen LogP contribution in [-0.4, -0.2) is 24.0 Å². The van der Waals surface area contributed by atoms with E-state index in [1.807, 2.05) is 0 Å². The smallest absolute Gasteiger partial charge is 0.265 e. The van der Waals surface area contributed by atoms with Crippen LogP contribution in [-0.2, 0) is 9.59 Å². The maximum atomic E-state index is 12.6. The van der Waals surface area contributed by atoms with E-state index in [2.05, 4.69) is 10.6 Å². The van der Waals surface area contributed by atoms with Gasteiger partial charge in [0, 0.05) is 11.7 Å². The summed E-state index contributed by atoms with van der Waals surface area (Å²) >= 11 is 0. The van der Waals surface area contributed by atoms with Crippen molar-refractivity contribution in [1.29, 1.82) is 0 Å². The lowest BCUT2D eigenvalue weighted by atomic mass is 9.84. The Morgan fingerprint density at radius 1 is 1.35 bits per heavy atom. The lowest BCUT2D eigenvalue weighted by Gasteiger charge is -2.27. The van der Waals surface area contributed by atoms with Crippen molar-refractivity contribution >= 4 is 23.2 Å². The number of carbonyl (C=O) groups is 2. The summed E-state index contributed by atoms with van der Waals surface area (Å²) in [4.78, 5) is 24.3. The molecule has 23 heavy (non-hydrogen) atoms. The number of amides is 2. The highest BCUT2D eigenvalue weighted by Gasteiger charge is 2.49. The number of anilines is 2. The molecule has 122 valence electrons. The fraction of sp³-hybridized carbons (Fsp3) is 0.529. The van der Waals surface area contributed by atoms with Gasteiger partial charge in [0.1, 0.15) is 5.75 Å². The normalized spacial score (nSPS) is 34.5. The van der Waals surface area contributed by atoms with Crippen LogP contribution in [0.15, 0.2) is 18.2 Å². The second-order valence-electron chi connectivity index (χ2n) is 6.89. The number of nitrogens with one attached hydrogen (secondary N) is 2. The van der Waals surface area contributed by atoms with Gasteiger partial charge >= 0.3 is 0 Å². The zero-order valence-corrected chi connectivity index (χ0v) is 13.0. The number of rotatable bonds is 2. The van der Waals surface area contributed by atoms with E-state index in [-0.39, 0.29) is 23.8 Å². The zero-order valence-electron chi connectivity index (χ0n) is 13.0. The molecule has 3 aliphatic rings. The predicted molar refractivity (Wildman–Crippen MR) is 86.1 cm³/mol. The average molecular weight is 315 g/mol. The van der Waals surface area contributed by atoms with Gasteiger partial charge in [-0.1, -0.05) is 0 Å². The summed E-state index contributed by atoms with van der Waals surface area (Å²) in [6.07, 6.45) is 2.82. The quantitative estimate of drug-likeness (QED) is 0.774. The van der Waals surface area contributed by atoms with Gasteiger partial charge in [0.15, 0.2) is 6.10 Å². The molecule has 4 rings (SSSR count). The number of carbonyl (C=O) groups excluding carboxylic acids is 2. The van der Waals surface area contributed by atoms with Crippen LogP contribution < -0.4 is 21.1 Å². The van der Waals surface area contributed by atoms with Gasteiger partial charge in [-0.3, -0.25) is 9.59 Å². The van der Waals surface area contributed by atoms with E-state index < -0.39 is 6.10 Å². The minimum Gasteiger partial charge on any atom is -0.479 e. The van der Waals surface area contributed by atoms with Crippen LogP contribution in [0, 0.1) is 17.8 Å². The first kappa shape index (κ1) is 14.5. The van der Waals surface area contributed by atoms with Crippen molar-refractivity contribution in [2.75, 3.05) is 10.6 Å². The maximum absolute atomic E-state index is 12.6. The molecule has 0 spiro atoms. The third-order valence-corrected chi connectivity index (χ3v) is 5.46. The Morgan fingerprint density at radius 3 is 2.87 bits per heavy atom. The average Bonchev–Trinajstić information content (AvgIpc) is 3.09. The Morgan fingerprint density at radius 2 is 2.13 bits per heavy atom. The van der Waals surface area contributed by atoms with Gasteiger partial charge in [-0.2, -0.15) is 0 Å². The van der Waals surface area contributed by atoms with Crippen LogP contribution >= 0.6 is 0 Å². The summed E-state index contributed by atoms with van der Waals surface area (Å²) in [6.45, 7) is 1.70. The molecule has 5 unspecified atom stereocenters. The summed E-state index contributed by atoms with van der Waals surface area (Å²) in [5, 5.41) is 5.74. The van der Waals surface area contributed by atoms with Crippen molar-refractivity contribution < 1.29 is 14.3 Å². The highest BCUT2D eigenvalue weighted by atomic mass is 16.5. The monoisotopic (exact) mass is 315 g/mol. The molecule has 1 heterocycles. The van der Waals surface area contributed by atoms with Crippen molar-refractivity contribution in [3.63, 3.8) is 0 Å². The minimum absolute atomic E-state index is 0.0129. The van der Waals surface area contributed by atoms with Crippen molar-refractivity contribution in [2.45, 2.75) is 38.3 Å². The van der Waals surface area contributed by atoms with E-state index in [0.717, 1.165) is 19.3 Å². The van der Waals surface area contributed by atoms with E-state index in [0.29, 0.717) is 29.0 Å². The van der Waals surface area contributed by atoms with Crippen LogP contribution in [0.25, 0.3) is 0 Å². The highest BCUT2D eigenvalue weighted by molar-refractivity contribution is 5.99.